The first-order valence-electron chi connectivity index (χ1n) is 8.41. The van der Waals surface area contributed by atoms with Crippen LogP contribution in [0.1, 0.15) is 18.4 Å². The van der Waals surface area contributed by atoms with Gasteiger partial charge in [-0.1, -0.05) is 42.5 Å². The van der Waals surface area contributed by atoms with E-state index in [0.717, 1.165) is 44.2 Å². The lowest BCUT2D eigenvalue weighted by Gasteiger charge is -2.30. The zero-order valence-corrected chi connectivity index (χ0v) is 14.0. The van der Waals surface area contributed by atoms with Gasteiger partial charge in [0.25, 0.3) is 0 Å². The molecule has 2 aromatic rings. The fraction of sp³-hybridized carbons (Fsp3) is 0.368. The summed E-state index contributed by atoms with van der Waals surface area (Å²) in [4.78, 5) is 13.3. The summed E-state index contributed by atoms with van der Waals surface area (Å²) in [6, 6.07) is 12.2. The number of hydrogen-bond donors (Lipinski definition) is 1. The number of rotatable bonds is 5. The first-order chi connectivity index (χ1) is 11.7. The molecule has 3 rings (SSSR count). The van der Waals surface area contributed by atoms with Gasteiger partial charge in [-0.15, -0.1) is 0 Å². The molecular formula is C19H24N4O. The van der Waals surface area contributed by atoms with Crippen LogP contribution in [0.4, 0.5) is 11.8 Å². The highest BCUT2D eigenvalue weighted by Gasteiger charge is 2.18. The first kappa shape index (κ1) is 16.5. The number of aliphatic hydroxyl groups excluding tert-OH is 1. The van der Waals surface area contributed by atoms with E-state index >= 15 is 0 Å². The molecular weight excluding hydrogens is 300 g/mol. The molecule has 0 bridgehead atoms. The predicted octanol–water partition coefficient (Wildman–Crippen LogP) is 2.59. The normalized spacial score (nSPS) is 15.8. The Morgan fingerprint density at radius 2 is 1.96 bits per heavy atom. The van der Waals surface area contributed by atoms with E-state index in [-0.39, 0.29) is 6.10 Å². The van der Waals surface area contributed by atoms with Crippen molar-refractivity contribution in [2.24, 2.45) is 0 Å². The summed E-state index contributed by atoms with van der Waals surface area (Å²) < 4.78 is 0. The third-order valence-corrected chi connectivity index (χ3v) is 4.25. The molecule has 1 fully saturated rings. The molecule has 0 unspecified atom stereocenters. The highest BCUT2D eigenvalue weighted by molar-refractivity contribution is 5.50. The van der Waals surface area contributed by atoms with Crippen LogP contribution < -0.4 is 9.80 Å². The van der Waals surface area contributed by atoms with Crippen molar-refractivity contribution in [3.05, 3.63) is 54.2 Å². The van der Waals surface area contributed by atoms with Gasteiger partial charge < -0.3 is 14.9 Å². The average Bonchev–Trinajstić information content (AvgIpc) is 2.63. The van der Waals surface area contributed by atoms with Crippen molar-refractivity contribution in [1.29, 1.82) is 0 Å². The maximum absolute atomic E-state index is 9.63. The Morgan fingerprint density at radius 1 is 1.21 bits per heavy atom. The molecule has 5 heteroatoms. The van der Waals surface area contributed by atoms with Crippen LogP contribution in [0.25, 0.3) is 6.08 Å². The second kappa shape index (κ2) is 7.93. The van der Waals surface area contributed by atoms with E-state index in [9.17, 15) is 5.11 Å². The SMILES string of the molecule is CN(C/C=C/c1ccccc1)c1nccc(N2CCC(O)CC2)n1. The molecule has 1 aromatic carbocycles. The van der Waals surface area contributed by atoms with E-state index in [0.29, 0.717) is 0 Å². The molecule has 126 valence electrons. The number of benzene rings is 1. The van der Waals surface area contributed by atoms with Crippen molar-refractivity contribution in [2.75, 3.05) is 36.5 Å². The maximum Gasteiger partial charge on any atom is 0.227 e. The fourth-order valence-corrected chi connectivity index (χ4v) is 2.79. The number of aromatic nitrogens is 2. The standard InChI is InChI=1S/C19H24N4O/c1-22(13-5-8-16-6-3-2-4-7-16)19-20-12-9-18(21-19)23-14-10-17(24)11-15-23/h2-9,12,17,24H,10-11,13-15H2,1H3/b8-5+. The molecule has 1 saturated heterocycles. The minimum atomic E-state index is -0.173. The molecule has 1 aliphatic rings. The van der Waals surface area contributed by atoms with Crippen LogP contribution in [0.2, 0.25) is 0 Å². The van der Waals surface area contributed by atoms with Crippen molar-refractivity contribution < 1.29 is 5.11 Å². The molecule has 0 aliphatic carbocycles. The summed E-state index contributed by atoms with van der Waals surface area (Å²) in [6.07, 6.45) is 7.45. The molecule has 0 amide bonds. The first-order valence-corrected chi connectivity index (χ1v) is 8.41. The van der Waals surface area contributed by atoms with E-state index in [1.807, 2.05) is 36.2 Å². The molecule has 0 atom stereocenters. The molecule has 1 aliphatic heterocycles. The number of likely N-dealkylation sites (N-methyl/N-ethyl adjacent to an activating group) is 1. The molecule has 5 nitrogen and oxygen atoms in total. The Hall–Kier alpha value is -2.40. The van der Waals surface area contributed by atoms with Gasteiger partial charge in [0.15, 0.2) is 0 Å². The zero-order chi connectivity index (χ0) is 16.8. The van der Waals surface area contributed by atoms with E-state index in [1.165, 1.54) is 5.56 Å². The predicted molar refractivity (Wildman–Crippen MR) is 98.2 cm³/mol. The summed E-state index contributed by atoms with van der Waals surface area (Å²) in [5.41, 5.74) is 1.19. The molecule has 24 heavy (non-hydrogen) atoms. The highest BCUT2D eigenvalue weighted by atomic mass is 16.3. The molecule has 0 radical (unpaired) electrons. The van der Waals surface area contributed by atoms with Crippen LogP contribution in [0.15, 0.2) is 48.7 Å². The Bertz CT molecular complexity index is 666. The van der Waals surface area contributed by atoms with Crippen LogP contribution in [0, 0.1) is 0 Å². The quantitative estimate of drug-likeness (QED) is 0.916. The molecule has 1 N–H and O–H groups in total. The van der Waals surface area contributed by atoms with E-state index < -0.39 is 0 Å². The number of hydrogen-bond acceptors (Lipinski definition) is 5. The largest absolute Gasteiger partial charge is 0.393 e. The van der Waals surface area contributed by atoms with Gasteiger partial charge in [-0.2, -0.15) is 4.98 Å². The molecule has 0 spiro atoms. The number of nitrogens with zero attached hydrogens (tertiary/aromatic N) is 4. The van der Waals surface area contributed by atoms with Crippen LogP contribution in [-0.4, -0.2) is 47.9 Å². The van der Waals surface area contributed by atoms with Gasteiger partial charge in [-0.3, -0.25) is 0 Å². The Labute approximate surface area is 143 Å². The Balaban J connectivity index is 1.61. The fourth-order valence-electron chi connectivity index (χ4n) is 2.79. The van der Waals surface area contributed by atoms with Crippen molar-refractivity contribution >= 4 is 17.8 Å². The molecule has 0 saturated carbocycles. The van der Waals surface area contributed by atoms with Crippen molar-refractivity contribution in [2.45, 2.75) is 18.9 Å². The third-order valence-electron chi connectivity index (χ3n) is 4.25. The lowest BCUT2D eigenvalue weighted by molar-refractivity contribution is 0.145. The van der Waals surface area contributed by atoms with Crippen molar-refractivity contribution in [3.63, 3.8) is 0 Å². The van der Waals surface area contributed by atoms with E-state index in [1.54, 1.807) is 6.20 Å². The van der Waals surface area contributed by atoms with Gasteiger partial charge in [-0.25, -0.2) is 4.98 Å². The van der Waals surface area contributed by atoms with Crippen LogP contribution >= 0.6 is 0 Å². The van der Waals surface area contributed by atoms with Gasteiger partial charge in [0, 0.05) is 32.9 Å². The maximum atomic E-state index is 9.63. The average molecular weight is 324 g/mol. The van der Waals surface area contributed by atoms with E-state index in [2.05, 4.69) is 39.2 Å². The van der Waals surface area contributed by atoms with Crippen molar-refractivity contribution in [1.82, 2.24) is 9.97 Å². The van der Waals surface area contributed by atoms with Crippen LogP contribution in [0.3, 0.4) is 0 Å². The minimum absolute atomic E-state index is 0.173. The number of piperidine rings is 1. The van der Waals surface area contributed by atoms with Crippen LogP contribution in [-0.2, 0) is 0 Å². The van der Waals surface area contributed by atoms with Crippen molar-refractivity contribution in [3.8, 4) is 0 Å². The van der Waals surface area contributed by atoms with Gasteiger partial charge in [0.2, 0.25) is 5.95 Å². The smallest absolute Gasteiger partial charge is 0.227 e. The second-order valence-corrected chi connectivity index (χ2v) is 6.13. The lowest BCUT2D eigenvalue weighted by Crippen LogP contribution is -2.36. The number of aliphatic hydroxyl groups is 1. The second-order valence-electron chi connectivity index (χ2n) is 6.13. The Kier molecular flexibility index (Phi) is 5.43. The monoisotopic (exact) mass is 324 g/mol. The Morgan fingerprint density at radius 3 is 2.71 bits per heavy atom. The summed E-state index contributed by atoms with van der Waals surface area (Å²) in [7, 11) is 1.99. The molecule has 2 heterocycles. The summed E-state index contributed by atoms with van der Waals surface area (Å²) in [6.45, 7) is 2.43. The van der Waals surface area contributed by atoms with Gasteiger partial charge in [0.05, 0.1) is 6.10 Å². The summed E-state index contributed by atoms with van der Waals surface area (Å²) in [5, 5.41) is 9.63. The topological polar surface area (TPSA) is 52.5 Å². The van der Waals surface area contributed by atoms with Gasteiger partial charge in [0.1, 0.15) is 5.82 Å². The number of anilines is 2. The molecule has 1 aromatic heterocycles. The lowest BCUT2D eigenvalue weighted by atomic mass is 10.1. The summed E-state index contributed by atoms with van der Waals surface area (Å²) in [5.74, 6) is 1.65. The summed E-state index contributed by atoms with van der Waals surface area (Å²) >= 11 is 0. The van der Waals surface area contributed by atoms with Gasteiger partial charge in [-0.05, 0) is 24.5 Å². The minimum Gasteiger partial charge on any atom is -0.393 e. The van der Waals surface area contributed by atoms with Crippen LogP contribution in [0.5, 0.6) is 0 Å². The third kappa shape index (κ3) is 4.32. The van der Waals surface area contributed by atoms with E-state index in [4.69, 9.17) is 0 Å². The zero-order valence-electron chi connectivity index (χ0n) is 14.0. The van der Waals surface area contributed by atoms with Gasteiger partial charge >= 0.3 is 0 Å². The highest BCUT2D eigenvalue weighted by Crippen LogP contribution is 2.19.